The standard InChI is InChI=1S/C14H19IN2/c1-10-8-16-14(11-2-3-11)9-17(10)13-6-4-12(15)5-7-13/h4-7,10-11,14,16H,2-3,8-9H2,1H3. The lowest BCUT2D eigenvalue weighted by atomic mass is 10.1. The van der Waals surface area contributed by atoms with Crippen LogP contribution in [-0.2, 0) is 0 Å². The van der Waals surface area contributed by atoms with Gasteiger partial charge in [0, 0.05) is 34.4 Å². The lowest BCUT2D eigenvalue weighted by Gasteiger charge is -2.40. The highest BCUT2D eigenvalue weighted by molar-refractivity contribution is 14.1. The lowest BCUT2D eigenvalue weighted by molar-refractivity contribution is 0.376. The van der Waals surface area contributed by atoms with E-state index in [9.17, 15) is 0 Å². The van der Waals surface area contributed by atoms with Gasteiger partial charge in [-0.25, -0.2) is 0 Å². The second-order valence-electron chi connectivity index (χ2n) is 5.33. The first-order chi connectivity index (χ1) is 8.24. The highest BCUT2D eigenvalue weighted by Gasteiger charge is 2.35. The minimum absolute atomic E-state index is 0.602. The third-order valence-corrected chi connectivity index (χ3v) is 4.67. The zero-order valence-corrected chi connectivity index (χ0v) is 12.4. The molecule has 92 valence electrons. The van der Waals surface area contributed by atoms with E-state index in [2.05, 4.69) is 64.0 Å². The van der Waals surface area contributed by atoms with E-state index in [0.717, 1.165) is 12.5 Å². The number of benzene rings is 1. The van der Waals surface area contributed by atoms with Crippen LogP contribution in [-0.4, -0.2) is 25.2 Å². The molecule has 1 aromatic carbocycles. The van der Waals surface area contributed by atoms with Crippen molar-refractivity contribution in [2.45, 2.75) is 31.8 Å². The van der Waals surface area contributed by atoms with E-state index in [1.165, 1.54) is 28.6 Å². The van der Waals surface area contributed by atoms with Gasteiger partial charge >= 0.3 is 0 Å². The third-order valence-electron chi connectivity index (χ3n) is 3.95. The molecule has 1 aliphatic heterocycles. The minimum atomic E-state index is 0.602. The molecule has 2 atom stereocenters. The zero-order chi connectivity index (χ0) is 11.8. The van der Waals surface area contributed by atoms with Gasteiger partial charge in [-0.15, -0.1) is 0 Å². The van der Waals surface area contributed by atoms with Gasteiger partial charge in [0.1, 0.15) is 0 Å². The van der Waals surface area contributed by atoms with Gasteiger partial charge in [-0.05, 0) is 72.5 Å². The smallest absolute Gasteiger partial charge is 0.0387 e. The molecule has 17 heavy (non-hydrogen) atoms. The Balaban J connectivity index is 1.76. The summed E-state index contributed by atoms with van der Waals surface area (Å²) in [5, 5.41) is 3.70. The number of halogens is 1. The molecule has 1 aromatic rings. The Morgan fingerprint density at radius 1 is 1.24 bits per heavy atom. The summed E-state index contributed by atoms with van der Waals surface area (Å²) >= 11 is 2.37. The van der Waals surface area contributed by atoms with Gasteiger partial charge in [-0.2, -0.15) is 0 Å². The molecule has 0 radical (unpaired) electrons. The quantitative estimate of drug-likeness (QED) is 0.832. The Morgan fingerprint density at radius 3 is 2.59 bits per heavy atom. The van der Waals surface area contributed by atoms with Gasteiger partial charge in [0.05, 0.1) is 0 Å². The van der Waals surface area contributed by atoms with Gasteiger partial charge in [-0.1, -0.05) is 0 Å². The zero-order valence-electron chi connectivity index (χ0n) is 10.2. The molecule has 0 spiro atoms. The SMILES string of the molecule is CC1CNC(C2CC2)CN1c1ccc(I)cc1. The fourth-order valence-electron chi connectivity index (χ4n) is 2.70. The summed E-state index contributed by atoms with van der Waals surface area (Å²) in [6.45, 7) is 4.60. The summed E-state index contributed by atoms with van der Waals surface area (Å²) < 4.78 is 1.31. The van der Waals surface area contributed by atoms with Crippen molar-refractivity contribution in [2.75, 3.05) is 18.0 Å². The van der Waals surface area contributed by atoms with Crippen molar-refractivity contribution in [3.05, 3.63) is 27.8 Å². The van der Waals surface area contributed by atoms with E-state index >= 15 is 0 Å². The fraction of sp³-hybridized carbons (Fsp3) is 0.571. The Kier molecular flexibility index (Phi) is 3.30. The second kappa shape index (κ2) is 4.76. The van der Waals surface area contributed by atoms with E-state index < -0.39 is 0 Å². The second-order valence-corrected chi connectivity index (χ2v) is 6.58. The largest absolute Gasteiger partial charge is 0.366 e. The molecular formula is C14H19IN2. The maximum absolute atomic E-state index is 3.70. The number of rotatable bonds is 2. The highest BCUT2D eigenvalue weighted by Crippen LogP contribution is 2.35. The highest BCUT2D eigenvalue weighted by atomic mass is 127. The summed E-state index contributed by atoms with van der Waals surface area (Å²) in [4.78, 5) is 2.57. The number of anilines is 1. The van der Waals surface area contributed by atoms with E-state index in [4.69, 9.17) is 0 Å². The van der Waals surface area contributed by atoms with Gasteiger partial charge in [0.2, 0.25) is 0 Å². The number of hydrogen-bond donors (Lipinski definition) is 1. The average Bonchev–Trinajstić information content (AvgIpc) is 3.15. The van der Waals surface area contributed by atoms with Crippen molar-refractivity contribution in [3.8, 4) is 0 Å². The molecule has 3 heteroatoms. The van der Waals surface area contributed by atoms with Gasteiger partial charge in [-0.3, -0.25) is 0 Å². The van der Waals surface area contributed by atoms with Crippen LogP contribution in [0.4, 0.5) is 5.69 Å². The van der Waals surface area contributed by atoms with Crippen molar-refractivity contribution in [2.24, 2.45) is 5.92 Å². The van der Waals surface area contributed by atoms with Crippen molar-refractivity contribution in [1.82, 2.24) is 5.32 Å². The topological polar surface area (TPSA) is 15.3 Å². The summed E-state index contributed by atoms with van der Waals surface area (Å²) in [6, 6.07) is 10.2. The molecule has 0 bridgehead atoms. The maximum Gasteiger partial charge on any atom is 0.0387 e. The van der Waals surface area contributed by atoms with Gasteiger partial charge < -0.3 is 10.2 Å². The van der Waals surface area contributed by atoms with Crippen molar-refractivity contribution in [1.29, 1.82) is 0 Å². The maximum atomic E-state index is 3.70. The third kappa shape index (κ3) is 2.60. The molecule has 1 saturated carbocycles. The summed E-state index contributed by atoms with van der Waals surface area (Å²) in [7, 11) is 0. The van der Waals surface area contributed by atoms with Crippen molar-refractivity contribution >= 4 is 28.3 Å². The minimum Gasteiger partial charge on any atom is -0.366 e. The number of nitrogens with one attached hydrogen (secondary N) is 1. The lowest BCUT2D eigenvalue weighted by Crippen LogP contribution is -2.56. The van der Waals surface area contributed by atoms with Crippen LogP contribution in [0.3, 0.4) is 0 Å². The van der Waals surface area contributed by atoms with Crippen LogP contribution in [0.15, 0.2) is 24.3 Å². The fourth-order valence-corrected chi connectivity index (χ4v) is 3.05. The van der Waals surface area contributed by atoms with Crippen LogP contribution in [0.25, 0.3) is 0 Å². The molecule has 0 aromatic heterocycles. The van der Waals surface area contributed by atoms with Gasteiger partial charge in [0.15, 0.2) is 0 Å². The Bertz CT molecular complexity index is 386. The number of hydrogen-bond acceptors (Lipinski definition) is 2. The van der Waals surface area contributed by atoms with E-state index in [-0.39, 0.29) is 0 Å². The van der Waals surface area contributed by atoms with Crippen LogP contribution in [0.5, 0.6) is 0 Å². The predicted molar refractivity (Wildman–Crippen MR) is 80.5 cm³/mol. The average molecular weight is 342 g/mol. The van der Waals surface area contributed by atoms with Crippen LogP contribution in [0, 0.1) is 9.49 Å². The molecule has 2 fully saturated rings. The Morgan fingerprint density at radius 2 is 1.94 bits per heavy atom. The molecule has 1 heterocycles. The summed E-state index contributed by atoms with van der Waals surface area (Å²) in [5.41, 5.74) is 1.38. The van der Waals surface area contributed by atoms with E-state index in [0.29, 0.717) is 12.1 Å². The van der Waals surface area contributed by atoms with E-state index in [1.54, 1.807) is 0 Å². The molecular weight excluding hydrogens is 323 g/mol. The molecule has 2 nitrogen and oxygen atoms in total. The number of nitrogens with zero attached hydrogens (tertiary/aromatic N) is 1. The monoisotopic (exact) mass is 342 g/mol. The molecule has 1 aliphatic carbocycles. The summed E-state index contributed by atoms with van der Waals surface area (Å²) in [6.07, 6.45) is 2.85. The first-order valence-electron chi connectivity index (χ1n) is 6.49. The van der Waals surface area contributed by atoms with Crippen molar-refractivity contribution < 1.29 is 0 Å². The predicted octanol–water partition coefficient (Wildman–Crippen LogP) is 2.87. The first kappa shape index (κ1) is 11.8. The van der Waals surface area contributed by atoms with Crippen LogP contribution in [0.2, 0.25) is 0 Å². The normalized spacial score (nSPS) is 29.4. The molecule has 2 aliphatic rings. The van der Waals surface area contributed by atoms with Crippen LogP contribution < -0.4 is 10.2 Å². The Hall–Kier alpha value is -0.290. The van der Waals surface area contributed by atoms with Crippen LogP contribution >= 0.6 is 22.6 Å². The first-order valence-corrected chi connectivity index (χ1v) is 7.57. The molecule has 3 rings (SSSR count). The molecule has 1 saturated heterocycles. The molecule has 2 unspecified atom stereocenters. The van der Waals surface area contributed by atoms with Crippen LogP contribution in [0.1, 0.15) is 19.8 Å². The molecule has 0 amide bonds. The molecule has 1 N–H and O–H groups in total. The number of piperazine rings is 1. The summed E-state index contributed by atoms with van der Waals surface area (Å²) in [5.74, 6) is 0.939. The van der Waals surface area contributed by atoms with Gasteiger partial charge in [0.25, 0.3) is 0 Å². The van der Waals surface area contributed by atoms with Crippen molar-refractivity contribution in [3.63, 3.8) is 0 Å². The Labute approximate surface area is 117 Å². The van der Waals surface area contributed by atoms with E-state index in [1.807, 2.05) is 0 Å².